The molecule has 0 saturated heterocycles. The third-order valence-electron chi connectivity index (χ3n) is 6.87. The molecule has 1 amide bonds. The zero-order valence-electron chi connectivity index (χ0n) is 21.7. The standard InChI is InChI=1S/C28H31F3N4O4/c1-15-10-16(11-22(32)27(15)36)18-6-7-33-14-24(18)35-28(37)23-5-4-19(29)26(34-23)25-20(30)12-17(13-21(25)31)39-9-3-8-38-2/h4-7,12-16,22,27,36H,3,8-11,32H2,1-2H3,(H,35,37)/t15-,16+,22+,27+/m0/s1. The highest BCUT2D eigenvalue weighted by molar-refractivity contribution is 6.03. The van der Waals surface area contributed by atoms with Crippen molar-refractivity contribution < 1.29 is 32.5 Å². The quantitative estimate of drug-likeness (QED) is 0.341. The summed E-state index contributed by atoms with van der Waals surface area (Å²) in [4.78, 5) is 21.2. The number of nitrogens with one attached hydrogen (secondary N) is 1. The summed E-state index contributed by atoms with van der Waals surface area (Å²) in [5.74, 6) is -4.01. The lowest BCUT2D eigenvalue weighted by Crippen LogP contribution is -2.44. The van der Waals surface area contributed by atoms with E-state index in [0.29, 0.717) is 31.6 Å². The summed E-state index contributed by atoms with van der Waals surface area (Å²) in [6.45, 7) is 2.51. The summed E-state index contributed by atoms with van der Waals surface area (Å²) in [7, 11) is 1.53. The Morgan fingerprint density at radius 1 is 1.13 bits per heavy atom. The Kier molecular flexibility index (Phi) is 9.16. The summed E-state index contributed by atoms with van der Waals surface area (Å²) >= 11 is 0. The molecule has 1 saturated carbocycles. The first-order valence-corrected chi connectivity index (χ1v) is 12.7. The van der Waals surface area contributed by atoms with Crippen molar-refractivity contribution in [2.24, 2.45) is 11.7 Å². The summed E-state index contributed by atoms with van der Waals surface area (Å²) in [5, 5.41) is 12.9. The van der Waals surface area contributed by atoms with Gasteiger partial charge in [-0.05, 0) is 48.4 Å². The van der Waals surface area contributed by atoms with E-state index >= 15 is 0 Å². The Bertz CT molecular complexity index is 1290. The number of aromatic nitrogens is 2. The molecule has 0 spiro atoms. The van der Waals surface area contributed by atoms with Gasteiger partial charge in [0.1, 0.15) is 34.6 Å². The van der Waals surface area contributed by atoms with Crippen LogP contribution in [0, 0.1) is 23.4 Å². The van der Waals surface area contributed by atoms with Crippen molar-refractivity contribution in [2.75, 3.05) is 25.6 Å². The topological polar surface area (TPSA) is 120 Å². The molecule has 2 heterocycles. The SMILES string of the molecule is COCCCOc1cc(F)c(-c2nc(C(=O)Nc3cnccc3[C@H]3C[C@@H](N)[C@H](O)[C@@H](C)C3)ccc2F)c(F)c1. The fourth-order valence-corrected chi connectivity index (χ4v) is 4.88. The number of methoxy groups -OCH3 is 1. The number of amides is 1. The Hall–Kier alpha value is -3.54. The first-order chi connectivity index (χ1) is 18.7. The van der Waals surface area contributed by atoms with Crippen LogP contribution in [0.1, 0.15) is 48.2 Å². The van der Waals surface area contributed by atoms with Crippen LogP contribution in [-0.2, 0) is 4.74 Å². The minimum atomic E-state index is -1.08. The Balaban J connectivity index is 1.57. The van der Waals surface area contributed by atoms with E-state index in [1.54, 1.807) is 12.3 Å². The van der Waals surface area contributed by atoms with E-state index in [2.05, 4.69) is 15.3 Å². The molecule has 39 heavy (non-hydrogen) atoms. The highest BCUT2D eigenvalue weighted by Gasteiger charge is 2.34. The molecule has 4 N–H and O–H groups in total. The molecule has 1 fully saturated rings. The van der Waals surface area contributed by atoms with Crippen LogP contribution < -0.4 is 15.8 Å². The van der Waals surface area contributed by atoms with E-state index in [4.69, 9.17) is 15.2 Å². The van der Waals surface area contributed by atoms with Crippen molar-refractivity contribution in [3.63, 3.8) is 0 Å². The van der Waals surface area contributed by atoms with Gasteiger partial charge in [-0.3, -0.25) is 9.78 Å². The van der Waals surface area contributed by atoms with Gasteiger partial charge in [-0.2, -0.15) is 0 Å². The first kappa shape index (κ1) is 28.5. The molecule has 208 valence electrons. The molecule has 8 nitrogen and oxygen atoms in total. The van der Waals surface area contributed by atoms with Gasteiger partial charge in [0, 0.05) is 44.5 Å². The number of rotatable bonds is 9. The number of benzene rings is 1. The van der Waals surface area contributed by atoms with Crippen LogP contribution in [0.15, 0.2) is 42.7 Å². The Morgan fingerprint density at radius 3 is 2.56 bits per heavy atom. The normalized spacial score (nSPS) is 21.0. The number of ether oxygens (including phenoxy) is 2. The van der Waals surface area contributed by atoms with Gasteiger partial charge in [-0.25, -0.2) is 18.2 Å². The number of carbonyl (C=O) groups excluding carboxylic acids is 1. The number of aliphatic hydroxyl groups excluding tert-OH is 1. The molecule has 1 aromatic carbocycles. The van der Waals surface area contributed by atoms with Crippen molar-refractivity contribution in [2.45, 2.75) is 44.2 Å². The van der Waals surface area contributed by atoms with Crippen molar-refractivity contribution >= 4 is 11.6 Å². The van der Waals surface area contributed by atoms with E-state index in [1.165, 1.54) is 13.3 Å². The number of hydrogen-bond donors (Lipinski definition) is 3. The van der Waals surface area contributed by atoms with Gasteiger partial charge >= 0.3 is 0 Å². The van der Waals surface area contributed by atoms with Gasteiger partial charge < -0.3 is 25.6 Å². The average molecular weight is 545 g/mol. The number of halogens is 3. The number of hydrogen-bond acceptors (Lipinski definition) is 7. The van der Waals surface area contributed by atoms with Gasteiger partial charge in [0.2, 0.25) is 0 Å². The fourth-order valence-electron chi connectivity index (χ4n) is 4.88. The summed E-state index contributed by atoms with van der Waals surface area (Å²) < 4.78 is 54.7. The van der Waals surface area contributed by atoms with Gasteiger partial charge in [0.25, 0.3) is 5.91 Å². The minimum absolute atomic E-state index is 0.0353. The minimum Gasteiger partial charge on any atom is -0.493 e. The molecule has 0 radical (unpaired) electrons. The van der Waals surface area contributed by atoms with Gasteiger partial charge in [0.05, 0.1) is 30.2 Å². The molecule has 0 bridgehead atoms. The van der Waals surface area contributed by atoms with Crippen LogP contribution >= 0.6 is 0 Å². The monoisotopic (exact) mass is 544 g/mol. The van der Waals surface area contributed by atoms with Crippen molar-refractivity contribution in [1.29, 1.82) is 0 Å². The van der Waals surface area contributed by atoms with Crippen molar-refractivity contribution in [3.8, 4) is 17.0 Å². The maximum atomic E-state index is 14.9. The zero-order chi connectivity index (χ0) is 28.1. The van der Waals surface area contributed by atoms with Crippen LogP contribution in [0.25, 0.3) is 11.3 Å². The molecule has 4 rings (SSSR count). The lowest BCUT2D eigenvalue weighted by Gasteiger charge is -2.36. The van der Waals surface area contributed by atoms with E-state index < -0.39 is 46.8 Å². The zero-order valence-corrected chi connectivity index (χ0v) is 21.7. The van der Waals surface area contributed by atoms with E-state index in [0.717, 1.165) is 29.8 Å². The summed E-state index contributed by atoms with van der Waals surface area (Å²) in [6.07, 6.45) is 4.15. The number of anilines is 1. The Morgan fingerprint density at radius 2 is 1.87 bits per heavy atom. The first-order valence-electron chi connectivity index (χ1n) is 12.7. The predicted molar refractivity (Wildman–Crippen MR) is 139 cm³/mol. The molecule has 1 aliphatic carbocycles. The molecule has 3 aromatic rings. The number of carbonyl (C=O) groups is 1. The number of pyridine rings is 2. The van der Waals surface area contributed by atoms with Crippen molar-refractivity contribution in [1.82, 2.24) is 9.97 Å². The second-order valence-electron chi connectivity index (χ2n) is 9.70. The molecule has 0 aliphatic heterocycles. The van der Waals surface area contributed by atoms with Gasteiger partial charge in [-0.1, -0.05) is 6.92 Å². The Labute approximate surface area is 224 Å². The number of aliphatic hydroxyl groups is 1. The number of nitrogens with two attached hydrogens (primary N) is 1. The molecule has 2 aromatic heterocycles. The van der Waals surface area contributed by atoms with E-state index in [-0.39, 0.29) is 29.9 Å². The fraction of sp³-hybridized carbons (Fsp3) is 0.393. The lowest BCUT2D eigenvalue weighted by molar-refractivity contribution is 0.0521. The third-order valence-corrected chi connectivity index (χ3v) is 6.87. The van der Waals surface area contributed by atoms with Crippen LogP contribution in [0.4, 0.5) is 18.9 Å². The maximum absolute atomic E-state index is 14.9. The molecule has 1 aliphatic rings. The summed E-state index contributed by atoms with van der Waals surface area (Å²) in [5.41, 5.74) is 5.71. The average Bonchev–Trinajstić information content (AvgIpc) is 2.90. The second kappa shape index (κ2) is 12.5. The molecule has 0 unspecified atom stereocenters. The molecular weight excluding hydrogens is 513 g/mol. The predicted octanol–water partition coefficient (Wildman–Crippen LogP) is 4.43. The van der Waals surface area contributed by atoms with Crippen LogP contribution in [-0.4, -0.2) is 53.5 Å². The van der Waals surface area contributed by atoms with Crippen molar-refractivity contribution in [3.05, 3.63) is 71.4 Å². The smallest absolute Gasteiger partial charge is 0.274 e. The summed E-state index contributed by atoms with van der Waals surface area (Å²) in [6, 6.07) is 5.29. The largest absolute Gasteiger partial charge is 0.493 e. The molecule has 4 atom stereocenters. The van der Waals surface area contributed by atoms with Gasteiger partial charge in [-0.15, -0.1) is 0 Å². The highest BCUT2D eigenvalue weighted by Crippen LogP contribution is 2.38. The molecular formula is C28H31F3N4O4. The highest BCUT2D eigenvalue weighted by atomic mass is 19.1. The second-order valence-corrected chi connectivity index (χ2v) is 9.70. The van der Waals surface area contributed by atoms with E-state index in [9.17, 15) is 23.1 Å². The molecule has 11 heteroatoms. The van der Waals surface area contributed by atoms with Crippen LogP contribution in [0.3, 0.4) is 0 Å². The lowest BCUT2D eigenvalue weighted by atomic mass is 9.74. The maximum Gasteiger partial charge on any atom is 0.274 e. The number of nitrogens with zero attached hydrogens (tertiary/aromatic N) is 2. The van der Waals surface area contributed by atoms with Crippen LogP contribution in [0.2, 0.25) is 0 Å². The van der Waals surface area contributed by atoms with Crippen LogP contribution in [0.5, 0.6) is 5.75 Å². The van der Waals surface area contributed by atoms with E-state index in [1.807, 2.05) is 6.92 Å². The van der Waals surface area contributed by atoms with Gasteiger partial charge in [0.15, 0.2) is 0 Å². The third kappa shape index (κ3) is 6.55.